The third-order valence-electron chi connectivity index (χ3n) is 5.75. The van der Waals surface area contributed by atoms with Crippen molar-refractivity contribution in [2.24, 2.45) is 0 Å². The summed E-state index contributed by atoms with van der Waals surface area (Å²) in [6.45, 7) is 1.06. The number of likely N-dealkylation sites (N-methyl/N-ethyl adjacent to an activating group) is 1. The molecule has 1 aromatic carbocycles. The van der Waals surface area contributed by atoms with Crippen molar-refractivity contribution < 1.29 is 27.9 Å². The van der Waals surface area contributed by atoms with E-state index in [1.807, 2.05) is 30.3 Å². The van der Waals surface area contributed by atoms with Gasteiger partial charge in [0.1, 0.15) is 12.4 Å². The minimum Gasteiger partial charge on any atom is -0.480 e. The van der Waals surface area contributed by atoms with Gasteiger partial charge in [-0.2, -0.15) is 0 Å². The zero-order chi connectivity index (χ0) is 29.0. The molecule has 208 valence electrons. The topological polar surface area (TPSA) is 164 Å². The van der Waals surface area contributed by atoms with Gasteiger partial charge in [-0.05, 0) is 42.3 Å². The van der Waals surface area contributed by atoms with Crippen molar-refractivity contribution in [3.8, 4) is 22.4 Å². The zero-order valence-electron chi connectivity index (χ0n) is 21.8. The van der Waals surface area contributed by atoms with Crippen LogP contribution in [0.3, 0.4) is 0 Å². The maximum atomic E-state index is 12.4. The Morgan fingerprint density at radius 2 is 1.82 bits per heavy atom. The van der Waals surface area contributed by atoms with Crippen LogP contribution < -0.4 is 15.5 Å². The lowest BCUT2D eigenvalue weighted by molar-refractivity contribution is -0.135. The number of carboxylic acid groups (broad SMARTS) is 1. The second-order valence-corrected chi connectivity index (χ2v) is 11.6. The summed E-state index contributed by atoms with van der Waals surface area (Å²) in [6, 6.07) is 12.7. The Morgan fingerprint density at radius 1 is 1.10 bits per heavy atom. The highest BCUT2D eigenvalue weighted by atomic mass is 32.2. The number of pyridine rings is 1. The van der Waals surface area contributed by atoms with Gasteiger partial charge in [-0.1, -0.05) is 18.2 Å². The molecule has 0 saturated heterocycles. The van der Waals surface area contributed by atoms with E-state index in [1.54, 1.807) is 36.5 Å². The van der Waals surface area contributed by atoms with Crippen molar-refractivity contribution in [1.82, 2.24) is 19.3 Å². The van der Waals surface area contributed by atoms with Crippen molar-refractivity contribution in [3.05, 3.63) is 71.5 Å². The molecule has 3 heterocycles. The van der Waals surface area contributed by atoms with Crippen LogP contribution in [0.4, 0.5) is 10.9 Å². The highest BCUT2D eigenvalue weighted by molar-refractivity contribution is 7.89. The second-order valence-electron chi connectivity index (χ2n) is 8.93. The average Bonchev–Trinajstić information content (AvgIpc) is 3.54. The molecule has 40 heavy (non-hydrogen) atoms. The number of carbonyl (C=O) groups excluding carboxylic acids is 2. The first kappa shape index (κ1) is 28.4. The van der Waals surface area contributed by atoms with Gasteiger partial charge in [0.15, 0.2) is 5.13 Å². The Balaban J connectivity index is 1.40. The second kappa shape index (κ2) is 11.7. The van der Waals surface area contributed by atoms with E-state index in [-0.39, 0.29) is 18.7 Å². The van der Waals surface area contributed by atoms with E-state index in [1.165, 1.54) is 23.6 Å². The summed E-state index contributed by atoms with van der Waals surface area (Å²) in [7, 11) is -1.88. The van der Waals surface area contributed by atoms with Gasteiger partial charge in [0, 0.05) is 36.1 Å². The third kappa shape index (κ3) is 6.90. The van der Waals surface area contributed by atoms with Crippen LogP contribution in [-0.2, 0) is 19.6 Å². The zero-order valence-corrected chi connectivity index (χ0v) is 23.4. The van der Waals surface area contributed by atoms with Crippen LogP contribution in [0.1, 0.15) is 16.1 Å². The molecule has 0 fully saturated rings. The normalized spacial score (nSPS) is 11.2. The van der Waals surface area contributed by atoms with Crippen molar-refractivity contribution in [2.75, 3.05) is 36.6 Å². The van der Waals surface area contributed by atoms with E-state index < -0.39 is 27.8 Å². The molecule has 0 radical (unpaired) electrons. The van der Waals surface area contributed by atoms with Crippen LogP contribution in [0.15, 0.2) is 60.2 Å². The molecule has 0 aliphatic heterocycles. The summed E-state index contributed by atoms with van der Waals surface area (Å²) in [5.74, 6) is -1.49. The number of nitrogens with zero attached hydrogens (tertiary/aromatic N) is 4. The van der Waals surface area contributed by atoms with E-state index >= 15 is 0 Å². The number of nitrogens with one attached hydrogen (secondary N) is 2. The largest absolute Gasteiger partial charge is 0.480 e. The van der Waals surface area contributed by atoms with E-state index in [9.17, 15) is 22.8 Å². The molecule has 0 unspecified atom stereocenters. The summed E-state index contributed by atoms with van der Waals surface area (Å²) >= 11 is 1.23. The quantitative estimate of drug-likeness (QED) is 0.255. The van der Waals surface area contributed by atoms with Gasteiger partial charge >= 0.3 is 5.97 Å². The Bertz CT molecular complexity index is 1690. The maximum absolute atomic E-state index is 12.4. The minimum atomic E-state index is -3.54. The molecular formula is C26H26N6O6S2. The molecule has 0 aliphatic carbocycles. The van der Waals surface area contributed by atoms with Crippen LogP contribution in [0, 0.1) is 6.92 Å². The fourth-order valence-corrected chi connectivity index (χ4v) is 5.49. The summed E-state index contributed by atoms with van der Waals surface area (Å²) in [5, 5.41) is 16.3. The lowest BCUT2D eigenvalue weighted by Gasteiger charge is -2.16. The number of amides is 2. The van der Waals surface area contributed by atoms with Gasteiger partial charge < -0.3 is 20.6 Å². The first-order valence-electron chi connectivity index (χ1n) is 11.8. The Hall–Kier alpha value is -4.56. The molecule has 4 aromatic rings. The van der Waals surface area contributed by atoms with Crippen molar-refractivity contribution >= 4 is 50.1 Å². The predicted molar refractivity (Wildman–Crippen MR) is 152 cm³/mol. The van der Waals surface area contributed by atoms with E-state index in [0.717, 1.165) is 26.9 Å². The van der Waals surface area contributed by atoms with Crippen LogP contribution in [0.25, 0.3) is 22.4 Å². The Kier molecular flexibility index (Phi) is 8.30. The average molecular weight is 583 g/mol. The number of carbonyl (C=O) groups is 3. The smallest absolute Gasteiger partial charge is 0.323 e. The molecule has 12 nitrogen and oxygen atoms in total. The number of rotatable bonds is 10. The highest BCUT2D eigenvalue weighted by Crippen LogP contribution is 2.30. The number of aliphatic carboxylic acids is 1. The number of benzene rings is 1. The summed E-state index contributed by atoms with van der Waals surface area (Å²) in [4.78, 5) is 46.1. The molecule has 14 heteroatoms. The molecule has 0 spiro atoms. The van der Waals surface area contributed by atoms with Crippen molar-refractivity contribution in [3.63, 3.8) is 0 Å². The number of anilines is 2. The summed E-state index contributed by atoms with van der Waals surface area (Å²) in [6.07, 6.45) is 3.86. The Labute approximate surface area is 234 Å². The number of thiazole rings is 1. The fraction of sp³-hybridized carbons (Fsp3) is 0.192. The number of aryl methyl sites for hydroxylation is 1. The van der Waals surface area contributed by atoms with E-state index in [2.05, 4.69) is 20.6 Å². The van der Waals surface area contributed by atoms with Gasteiger partial charge in [0.25, 0.3) is 5.91 Å². The molecule has 4 rings (SSSR count). The fourth-order valence-electron chi connectivity index (χ4n) is 3.87. The van der Waals surface area contributed by atoms with E-state index in [4.69, 9.17) is 5.11 Å². The third-order valence-corrected chi connectivity index (χ3v) is 7.61. The number of hydrogen-bond acceptors (Lipinski definition) is 9. The van der Waals surface area contributed by atoms with Crippen molar-refractivity contribution in [2.45, 2.75) is 6.92 Å². The molecule has 0 atom stereocenters. The molecule has 3 aromatic heterocycles. The SMILES string of the molecule is Cc1cc(C(=O)NCC(=O)Nc2nc(-c3cccc(-c4ccnc(N(C)CC(=O)O)c4)c3)cs2)cn1S(C)(=O)=O. The molecule has 2 amide bonds. The maximum Gasteiger partial charge on any atom is 0.323 e. The standard InChI is InChI=1S/C26H26N6O6S2/c1-16-9-20(13-32(16)40(3,37)38)25(36)28-12-23(33)30-26-29-21(15-39-26)19-6-4-5-17(10-19)18-7-8-27-22(11-18)31(2)14-24(34)35/h4-11,13,15H,12,14H2,1-3H3,(H,28,36)(H,34,35)(H,29,30,33). The van der Waals surface area contributed by atoms with Crippen LogP contribution in [0.2, 0.25) is 0 Å². The number of hydrogen-bond donors (Lipinski definition) is 3. The van der Waals surface area contributed by atoms with Crippen molar-refractivity contribution in [1.29, 1.82) is 0 Å². The molecule has 3 N–H and O–H groups in total. The molecule has 0 aliphatic rings. The van der Waals surface area contributed by atoms with Gasteiger partial charge in [-0.3, -0.25) is 14.4 Å². The predicted octanol–water partition coefficient (Wildman–Crippen LogP) is 2.68. The Morgan fingerprint density at radius 3 is 2.52 bits per heavy atom. The number of aromatic nitrogens is 3. The molecular weight excluding hydrogens is 556 g/mol. The molecule has 0 bridgehead atoms. The lowest BCUT2D eigenvalue weighted by atomic mass is 10.0. The monoisotopic (exact) mass is 582 g/mol. The lowest BCUT2D eigenvalue weighted by Crippen LogP contribution is -2.32. The first-order valence-corrected chi connectivity index (χ1v) is 14.6. The summed E-state index contributed by atoms with van der Waals surface area (Å²) < 4.78 is 24.5. The van der Waals surface area contributed by atoms with Crippen LogP contribution >= 0.6 is 11.3 Å². The van der Waals surface area contributed by atoms with Gasteiger partial charge in [-0.25, -0.2) is 22.4 Å². The van der Waals surface area contributed by atoms with E-state index in [0.29, 0.717) is 22.3 Å². The molecule has 0 saturated carbocycles. The minimum absolute atomic E-state index is 0.127. The van der Waals surface area contributed by atoms with Gasteiger partial charge in [-0.15, -0.1) is 11.3 Å². The highest BCUT2D eigenvalue weighted by Gasteiger charge is 2.16. The summed E-state index contributed by atoms with van der Waals surface area (Å²) in [5.41, 5.74) is 3.69. The van der Waals surface area contributed by atoms with Crippen LogP contribution in [0.5, 0.6) is 0 Å². The first-order chi connectivity index (χ1) is 18.9. The van der Waals surface area contributed by atoms with Gasteiger partial charge in [0.2, 0.25) is 15.9 Å². The number of carboxylic acids is 1. The van der Waals surface area contributed by atoms with Crippen LogP contribution in [-0.4, -0.2) is 71.6 Å². The van der Waals surface area contributed by atoms with Gasteiger partial charge in [0.05, 0.1) is 24.1 Å².